The van der Waals surface area contributed by atoms with Crippen molar-refractivity contribution in [3.63, 3.8) is 0 Å². The zero-order valence-electron chi connectivity index (χ0n) is 18.9. The number of alkyl halides is 1. The Kier molecular flexibility index (Phi) is 7.67. The highest BCUT2D eigenvalue weighted by Crippen LogP contribution is 2.22. The topological polar surface area (TPSA) is 103 Å². The van der Waals surface area contributed by atoms with E-state index in [1.165, 1.54) is 0 Å². The molecule has 3 aromatic rings. The molecule has 1 aliphatic heterocycles. The molecule has 1 atom stereocenters. The van der Waals surface area contributed by atoms with Crippen molar-refractivity contribution in [2.45, 2.75) is 30.2 Å². The predicted octanol–water partition coefficient (Wildman–Crippen LogP) is 3.46. The van der Waals surface area contributed by atoms with Crippen LogP contribution in [0.15, 0.2) is 59.5 Å². The van der Waals surface area contributed by atoms with Crippen LogP contribution in [0.2, 0.25) is 0 Å². The smallest absolute Gasteiger partial charge is 0.319 e. The number of aromatic nitrogens is 1. The Labute approximate surface area is 204 Å². The van der Waals surface area contributed by atoms with Crippen LogP contribution in [-0.4, -0.2) is 56.6 Å². The van der Waals surface area contributed by atoms with Gasteiger partial charge >= 0.3 is 6.03 Å². The molecular formula is C24H28ClN5O3S. The van der Waals surface area contributed by atoms with Gasteiger partial charge in [-0.1, -0.05) is 30.3 Å². The SMILES string of the molecule is Cc1cc(NC(=O)NCCN2CCC(NS(=O)(=O)c3cccc(CCl)c3)C2)c2ccccc2n1. The molecule has 2 amide bonds. The van der Waals surface area contributed by atoms with Gasteiger partial charge in [0.25, 0.3) is 0 Å². The van der Waals surface area contributed by atoms with Crippen molar-refractivity contribution in [3.05, 3.63) is 65.9 Å². The summed E-state index contributed by atoms with van der Waals surface area (Å²) in [5.41, 5.74) is 3.14. The number of pyridine rings is 1. The number of carbonyl (C=O) groups excluding carboxylic acids is 1. The van der Waals surface area contributed by atoms with Gasteiger partial charge in [-0.25, -0.2) is 17.9 Å². The number of para-hydroxylation sites is 1. The lowest BCUT2D eigenvalue weighted by Gasteiger charge is -2.17. The van der Waals surface area contributed by atoms with Crippen LogP contribution in [0.5, 0.6) is 0 Å². The molecule has 1 aliphatic rings. The van der Waals surface area contributed by atoms with Crippen molar-refractivity contribution in [2.75, 3.05) is 31.5 Å². The number of rotatable bonds is 8. The molecule has 34 heavy (non-hydrogen) atoms. The summed E-state index contributed by atoms with van der Waals surface area (Å²) >= 11 is 5.83. The van der Waals surface area contributed by atoms with Crippen LogP contribution in [0.4, 0.5) is 10.5 Å². The summed E-state index contributed by atoms with van der Waals surface area (Å²) in [6.07, 6.45) is 0.711. The number of carbonyl (C=O) groups is 1. The number of anilines is 1. The van der Waals surface area contributed by atoms with E-state index in [4.69, 9.17) is 11.6 Å². The maximum atomic E-state index is 12.7. The van der Waals surface area contributed by atoms with Gasteiger partial charge in [-0.15, -0.1) is 11.6 Å². The number of aryl methyl sites for hydroxylation is 1. The molecule has 0 bridgehead atoms. The van der Waals surface area contributed by atoms with Gasteiger partial charge in [0, 0.05) is 42.6 Å². The molecule has 10 heteroatoms. The Bertz CT molecular complexity index is 1280. The highest BCUT2D eigenvalue weighted by Gasteiger charge is 2.27. The van der Waals surface area contributed by atoms with Crippen molar-refractivity contribution in [1.82, 2.24) is 19.9 Å². The van der Waals surface area contributed by atoms with Crippen LogP contribution in [0.3, 0.4) is 0 Å². The van der Waals surface area contributed by atoms with Crippen molar-refractivity contribution in [3.8, 4) is 0 Å². The number of urea groups is 1. The number of halogens is 1. The summed E-state index contributed by atoms with van der Waals surface area (Å²) in [6, 6.07) is 15.7. The molecule has 8 nitrogen and oxygen atoms in total. The van der Waals surface area contributed by atoms with E-state index in [9.17, 15) is 13.2 Å². The number of benzene rings is 2. The van der Waals surface area contributed by atoms with E-state index in [0.29, 0.717) is 26.1 Å². The number of amides is 2. The number of likely N-dealkylation sites (tertiary alicyclic amines) is 1. The monoisotopic (exact) mass is 501 g/mol. The molecule has 180 valence electrons. The fraction of sp³-hybridized carbons (Fsp3) is 0.333. The molecule has 2 aromatic carbocycles. The van der Waals surface area contributed by atoms with E-state index >= 15 is 0 Å². The lowest BCUT2D eigenvalue weighted by Crippen LogP contribution is -2.39. The van der Waals surface area contributed by atoms with Crippen molar-refractivity contribution in [2.24, 2.45) is 0 Å². The van der Waals surface area contributed by atoms with Crippen molar-refractivity contribution in [1.29, 1.82) is 0 Å². The highest BCUT2D eigenvalue weighted by atomic mass is 35.5. The second-order valence-electron chi connectivity index (χ2n) is 8.40. The molecule has 2 heterocycles. The third-order valence-electron chi connectivity index (χ3n) is 5.76. The third kappa shape index (κ3) is 6.04. The summed E-state index contributed by atoms with van der Waals surface area (Å²) in [5, 5.41) is 6.67. The van der Waals surface area contributed by atoms with Crippen molar-refractivity contribution < 1.29 is 13.2 Å². The molecule has 0 saturated carbocycles. The summed E-state index contributed by atoms with van der Waals surface area (Å²) in [4.78, 5) is 19.3. The minimum atomic E-state index is -3.61. The first-order chi connectivity index (χ1) is 16.3. The molecule has 3 N–H and O–H groups in total. The molecule has 1 unspecified atom stereocenters. The van der Waals surface area contributed by atoms with Crippen LogP contribution in [0, 0.1) is 6.92 Å². The second-order valence-corrected chi connectivity index (χ2v) is 10.4. The summed E-state index contributed by atoms with van der Waals surface area (Å²) in [6.45, 7) is 4.31. The standard InChI is InChI=1S/C24H28ClN5O3S/c1-17-13-23(21-7-2-3-8-22(21)27-17)28-24(31)26-10-12-30-11-9-19(16-30)29-34(32,33)20-6-4-5-18(14-20)15-25/h2-8,13-14,19,29H,9-12,15-16H2,1H3,(H2,26,27,28,31). The first-order valence-electron chi connectivity index (χ1n) is 11.1. The molecule has 0 aliphatic carbocycles. The summed E-state index contributed by atoms with van der Waals surface area (Å²) in [7, 11) is -3.61. The Morgan fingerprint density at radius 3 is 2.82 bits per heavy atom. The Hall–Kier alpha value is -2.72. The zero-order chi connectivity index (χ0) is 24.1. The molecule has 0 radical (unpaired) electrons. The van der Waals surface area contributed by atoms with Crippen LogP contribution >= 0.6 is 11.6 Å². The van der Waals surface area contributed by atoms with Gasteiger partial charge in [0.1, 0.15) is 0 Å². The molecule has 0 spiro atoms. The maximum Gasteiger partial charge on any atom is 0.319 e. The van der Waals surface area contributed by atoms with E-state index in [1.54, 1.807) is 24.3 Å². The molecule has 1 fully saturated rings. The van der Waals surface area contributed by atoms with Gasteiger partial charge in [-0.05, 0) is 49.7 Å². The van der Waals surface area contributed by atoms with Gasteiger partial charge < -0.3 is 10.6 Å². The lowest BCUT2D eigenvalue weighted by molar-refractivity contribution is 0.249. The predicted molar refractivity (Wildman–Crippen MR) is 135 cm³/mol. The number of hydrogen-bond acceptors (Lipinski definition) is 5. The number of nitrogens with one attached hydrogen (secondary N) is 3. The van der Waals surface area contributed by atoms with Crippen LogP contribution in [-0.2, 0) is 15.9 Å². The van der Waals surface area contributed by atoms with Crippen LogP contribution < -0.4 is 15.4 Å². The molecule has 1 aromatic heterocycles. The lowest BCUT2D eigenvalue weighted by atomic mass is 10.1. The minimum Gasteiger partial charge on any atom is -0.337 e. The Morgan fingerprint density at radius 2 is 2.00 bits per heavy atom. The molecule has 1 saturated heterocycles. The van der Waals surface area contributed by atoms with Gasteiger partial charge in [-0.2, -0.15) is 0 Å². The molecule has 4 rings (SSSR count). The minimum absolute atomic E-state index is 0.176. The average molecular weight is 502 g/mol. The van der Waals surface area contributed by atoms with Gasteiger partial charge in [0.2, 0.25) is 10.0 Å². The quantitative estimate of drug-likeness (QED) is 0.410. The maximum absolute atomic E-state index is 12.7. The number of fused-ring (bicyclic) bond motifs is 1. The van der Waals surface area contributed by atoms with E-state index < -0.39 is 10.0 Å². The van der Waals surface area contributed by atoms with Crippen LogP contribution in [0.25, 0.3) is 10.9 Å². The number of sulfonamides is 1. The first-order valence-corrected chi connectivity index (χ1v) is 13.2. The summed E-state index contributed by atoms with van der Waals surface area (Å²) < 4.78 is 28.2. The first kappa shape index (κ1) is 24.4. The largest absolute Gasteiger partial charge is 0.337 e. The van der Waals surface area contributed by atoms with E-state index in [2.05, 4.69) is 25.2 Å². The number of nitrogens with zero attached hydrogens (tertiary/aromatic N) is 2. The Balaban J connectivity index is 1.25. The number of hydrogen-bond donors (Lipinski definition) is 3. The van der Waals surface area contributed by atoms with E-state index in [0.717, 1.165) is 34.4 Å². The van der Waals surface area contributed by atoms with Crippen LogP contribution in [0.1, 0.15) is 17.7 Å². The fourth-order valence-corrected chi connectivity index (χ4v) is 5.62. The zero-order valence-corrected chi connectivity index (χ0v) is 20.5. The van der Waals surface area contributed by atoms with E-state index in [1.807, 2.05) is 37.3 Å². The van der Waals surface area contributed by atoms with Gasteiger partial charge in [0.05, 0.1) is 16.1 Å². The second kappa shape index (κ2) is 10.7. The van der Waals surface area contributed by atoms with E-state index in [-0.39, 0.29) is 22.8 Å². The molecular weight excluding hydrogens is 474 g/mol. The fourth-order valence-electron chi connectivity index (χ4n) is 4.12. The summed E-state index contributed by atoms with van der Waals surface area (Å²) in [5.74, 6) is 0.262. The third-order valence-corrected chi connectivity index (χ3v) is 7.59. The highest BCUT2D eigenvalue weighted by molar-refractivity contribution is 7.89. The normalized spacial score (nSPS) is 16.6. The van der Waals surface area contributed by atoms with Gasteiger partial charge in [0.15, 0.2) is 0 Å². The Morgan fingerprint density at radius 1 is 1.18 bits per heavy atom. The van der Waals surface area contributed by atoms with Gasteiger partial charge in [-0.3, -0.25) is 9.88 Å². The average Bonchev–Trinajstić information content (AvgIpc) is 3.25. The van der Waals surface area contributed by atoms with Crippen molar-refractivity contribution >= 4 is 44.2 Å².